The van der Waals surface area contributed by atoms with Crippen molar-refractivity contribution in [1.82, 2.24) is 0 Å². The molecule has 0 aromatic heterocycles. The highest BCUT2D eigenvalue weighted by atomic mass is 79.9. The van der Waals surface area contributed by atoms with E-state index in [2.05, 4.69) is 65.3 Å². The van der Waals surface area contributed by atoms with Crippen LogP contribution in [0.25, 0.3) is 5.57 Å². The number of ether oxygens (including phenoxy) is 1. The Labute approximate surface area is 124 Å². The van der Waals surface area contributed by atoms with Crippen molar-refractivity contribution in [2.45, 2.75) is 37.1 Å². The van der Waals surface area contributed by atoms with Gasteiger partial charge in [-0.2, -0.15) is 0 Å². The van der Waals surface area contributed by atoms with Crippen molar-refractivity contribution in [2.75, 3.05) is 6.61 Å². The molecule has 19 heavy (non-hydrogen) atoms. The SMILES string of the molecule is CCCCCOC1(Br)C=CC(c2ccccc2)=CC1. The van der Waals surface area contributed by atoms with Crippen molar-refractivity contribution in [3.8, 4) is 0 Å². The van der Waals surface area contributed by atoms with E-state index in [9.17, 15) is 0 Å². The lowest BCUT2D eigenvalue weighted by Crippen LogP contribution is -2.23. The van der Waals surface area contributed by atoms with Crippen molar-refractivity contribution in [3.05, 3.63) is 54.1 Å². The molecule has 0 aliphatic heterocycles. The standard InChI is InChI=1S/C17H21BrO/c1-2-3-7-14-19-17(18)12-10-16(11-13-17)15-8-5-4-6-9-15/h4-6,8-12H,2-3,7,13-14H2,1H3. The zero-order valence-corrected chi connectivity index (χ0v) is 13.0. The minimum absolute atomic E-state index is 0.307. The highest BCUT2D eigenvalue weighted by Gasteiger charge is 2.25. The Kier molecular flexibility index (Phi) is 5.41. The highest BCUT2D eigenvalue weighted by Crippen LogP contribution is 2.34. The van der Waals surface area contributed by atoms with E-state index in [1.54, 1.807) is 0 Å². The summed E-state index contributed by atoms with van der Waals surface area (Å²) >= 11 is 3.69. The molecule has 1 nitrogen and oxygen atoms in total. The first-order valence-electron chi connectivity index (χ1n) is 7.01. The van der Waals surface area contributed by atoms with E-state index in [1.165, 1.54) is 24.0 Å². The maximum atomic E-state index is 5.94. The first-order valence-corrected chi connectivity index (χ1v) is 7.80. The van der Waals surface area contributed by atoms with E-state index in [0.717, 1.165) is 19.4 Å². The van der Waals surface area contributed by atoms with E-state index in [4.69, 9.17) is 4.74 Å². The van der Waals surface area contributed by atoms with Gasteiger partial charge >= 0.3 is 0 Å². The van der Waals surface area contributed by atoms with Crippen molar-refractivity contribution in [1.29, 1.82) is 0 Å². The summed E-state index contributed by atoms with van der Waals surface area (Å²) in [5.41, 5.74) is 2.53. The molecule has 0 fully saturated rings. The Morgan fingerprint density at radius 2 is 2.00 bits per heavy atom. The van der Waals surface area contributed by atoms with Gasteiger partial charge in [0.15, 0.2) is 0 Å². The number of hydrogen-bond acceptors (Lipinski definition) is 1. The number of hydrogen-bond donors (Lipinski definition) is 0. The zero-order valence-electron chi connectivity index (χ0n) is 11.4. The van der Waals surface area contributed by atoms with Crippen LogP contribution >= 0.6 is 15.9 Å². The Morgan fingerprint density at radius 3 is 2.63 bits per heavy atom. The van der Waals surface area contributed by atoms with Gasteiger partial charge in [0.05, 0.1) is 0 Å². The molecule has 102 valence electrons. The second-order valence-electron chi connectivity index (χ2n) is 4.90. The quantitative estimate of drug-likeness (QED) is 0.508. The first-order chi connectivity index (χ1) is 9.23. The fourth-order valence-corrected chi connectivity index (χ4v) is 2.60. The predicted molar refractivity (Wildman–Crippen MR) is 85.3 cm³/mol. The fraction of sp³-hybridized carbons (Fsp3) is 0.412. The lowest BCUT2D eigenvalue weighted by molar-refractivity contribution is 0.0637. The molecule has 0 bridgehead atoms. The van der Waals surface area contributed by atoms with E-state index in [-0.39, 0.29) is 4.51 Å². The maximum absolute atomic E-state index is 5.94. The third-order valence-electron chi connectivity index (χ3n) is 3.31. The molecule has 0 saturated carbocycles. The highest BCUT2D eigenvalue weighted by molar-refractivity contribution is 9.10. The van der Waals surface area contributed by atoms with E-state index >= 15 is 0 Å². The summed E-state index contributed by atoms with van der Waals surface area (Å²) in [6.45, 7) is 3.03. The summed E-state index contributed by atoms with van der Waals surface area (Å²) in [5.74, 6) is 0. The molecule has 0 N–H and O–H groups in total. The average molecular weight is 321 g/mol. The molecule has 1 aromatic carbocycles. The monoisotopic (exact) mass is 320 g/mol. The molecular weight excluding hydrogens is 300 g/mol. The molecule has 0 heterocycles. The number of unbranched alkanes of at least 4 members (excludes halogenated alkanes) is 2. The Bertz CT molecular complexity index is 450. The third kappa shape index (κ3) is 4.32. The van der Waals surface area contributed by atoms with Crippen LogP contribution in [0.15, 0.2) is 48.6 Å². The molecule has 2 heteroatoms. The van der Waals surface area contributed by atoms with E-state index in [0.29, 0.717) is 0 Å². The molecule has 1 aliphatic carbocycles. The normalized spacial score (nSPS) is 22.3. The minimum Gasteiger partial charge on any atom is -0.360 e. The van der Waals surface area contributed by atoms with Crippen LogP contribution in [0.4, 0.5) is 0 Å². The molecule has 0 amide bonds. The molecule has 1 aromatic rings. The Balaban J connectivity index is 1.90. The second kappa shape index (κ2) is 7.06. The van der Waals surface area contributed by atoms with Gasteiger partial charge in [0, 0.05) is 13.0 Å². The summed E-state index contributed by atoms with van der Waals surface area (Å²) in [6, 6.07) is 10.5. The van der Waals surface area contributed by atoms with E-state index in [1.807, 2.05) is 6.07 Å². The summed E-state index contributed by atoms with van der Waals surface area (Å²) in [4.78, 5) is 0. The topological polar surface area (TPSA) is 9.23 Å². The number of allylic oxidation sites excluding steroid dienone is 2. The van der Waals surface area contributed by atoms with Crippen LogP contribution in [-0.2, 0) is 4.74 Å². The van der Waals surface area contributed by atoms with Crippen molar-refractivity contribution in [2.24, 2.45) is 0 Å². The summed E-state index contributed by atoms with van der Waals surface area (Å²) in [7, 11) is 0. The Morgan fingerprint density at radius 1 is 1.21 bits per heavy atom. The molecule has 0 spiro atoms. The van der Waals surface area contributed by atoms with E-state index < -0.39 is 0 Å². The zero-order chi connectivity index (χ0) is 13.6. The first kappa shape index (κ1) is 14.5. The summed E-state index contributed by atoms with van der Waals surface area (Å²) < 4.78 is 5.64. The van der Waals surface area contributed by atoms with Gasteiger partial charge in [-0.3, -0.25) is 0 Å². The summed E-state index contributed by atoms with van der Waals surface area (Å²) in [6.07, 6.45) is 11.0. The molecule has 2 rings (SSSR count). The van der Waals surface area contributed by atoms with Gasteiger partial charge in [-0.25, -0.2) is 0 Å². The van der Waals surface area contributed by atoms with Gasteiger partial charge in [0.25, 0.3) is 0 Å². The molecular formula is C17H21BrO. The lowest BCUT2D eigenvalue weighted by Gasteiger charge is -2.26. The maximum Gasteiger partial charge on any atom is 0.145 e. The fourth-order valence-electron chi connectivity index (χ4n) is 2.15. The van der Waals surface area contributed by atoms with Crippen LogP contribution in [0.3, 0.4) is 0 Å². The van der Waals surface area contributed by atoms with Crippen LogP contribution in [0, 0.1) is 0 Å². The van der Waals surface area contributed by atoms with Gasteiger partial charge in [0.2, 0.25) is 0 Å². The number of halogens is 1. The van der Waals surface area contributed by atoms with Crippen LogP contribution in [0.1, 0.15) is 38.2 Å². The van der Waals surface area contributed by atoms with Crippen LogP contribution in [0.2, 0.25) is 0 Å². The minimum atomic E-state index is -0.307. The van der Waals surface area contributed by atoms with Gasteiger partial charge in [-0.05, 0) is 39.6 Å². The van der Waals surface area contributed by atoms with Crippen molar-refractivity contribution in [3.63, 3.8) is 0 Å². The predicted octanol–water partition coefficient (Wildman–Crippen LogP) is 5.33. The van der Waals surface area contributed by atoms with Crippen LogP contribution in [0.5, 0.6) is 0 Å². The van der Waals surface area contributed by atoms with Gasteiger partial charge in [0.1, 0.15) is 4.51 Å². The van der Waals surface area contributed by atoms with Gasteiger partial charge < -0.3 is 4.74 Å². The number of rotatable bonds is 6. The second-order valence-corrected chi connectivity index (χ2v) is 6.25. The van der Waals surface area contributed by atoms with Gasteiger partial charge in [-0.15, -0.1) is 0 Å². The van der Waals surface area contributed by atoms with Crippen molar-refractivity contribution >= 4 is 21.5 Å². The third-order valence-corrected chi connectivity index (χ3v) is 4.13. The van der Waals surface area contributed by atoms with Gasteiger partial charge in [-0.1, -0.05) is 62.2 Å². The number of benzene rings is 1. The molecule has 0 saturated heterocycles. The molecule has 1 unspecified atom stereocenters. The van der Waals surface area contributed by atoms with Crippen molar-refractivity contribution < 1.29 is 4.74 Å². The average Bonchev–Trinajstić information content (AvgIpc) is 2.46. The molecule has 1 aliphatic rings. The van der Waals surface area contributed by atoms with Crippen LogP contribution < -0.4 is 0 Å². The van der Waals surface area contributed by atoms with Crippen LogP contribution in [-0.4, -0.2) is 11.1 Å². The largest absolute Gasteiger partial charge is 0.360 e. The Hall–Kier alpha value is -0.860. The molecule has 1 atom stereocenters. The lowest BCUT2D eigenvalue weighted by atomic mass is 9.98. The molecule has 0 radical (unpaired) electrons. The summed E-state index contributed by atoms with van der Waals surface area (Å²) in [5, 5.41) is 0. The smallest absolute Gasteiger partial charge is 0.145 e. The number of alkyl halides is 1.